The van der Waals surface area contributed by atoms with Gasteiger partial charge in [0.15, 0.2) is 0 Å². The van der Waals surface area contributed by atoms with E-state index in [-0.39, 0.29) is 12.1 Å². The Balaban J connectivity index is 2.54. The first-order valence-electron chi connectivity index (χ1n) is 6.95. The Kier molecular flexibility index (Phi) is 5.29. The third-order valence-corrected chi connectivity index (χ3v) is 4.06. The van der Waals surface area contributed by atoms with Crippen LogP contribution in [0.5, 0.6) is 0 Å². The number of carbonyl (C=O) groups excluding carboxylic acids is 1. The summed E-state index contributed by atoms with van der Waals surface area (Å²) in [6, 6.07) is 0.482. The number of hydrogen-bond donors (Lipinski definition) is 0. The summed E-state index contributed by atoms with van der Waals surface area (Å²) >= 11 is 0. The second-order valence-electron chi connectivity index (χ2n) is 5.91. The van der Waals surface area contributed by atoms with Crippen molar-refractivity contribution in [3.63, 3.8) is 0 Å². The van der Waals surface area contributed by atoms with Crippen molar-refractivity contribution in [3.8, 4) is 0 Å². The second kappa shape index (κ2) is 6.27. The van der Waals surface area contributed by atoms with E-state index >= 15 is 0 Å². The van der Waals surface area contributed by atoms with Crippen LogP contribution in [-0.4, -0.2) is 42.0 Å². The van der Waals surface area contributed by atoms with E-state index in [1.165, 1.54) is 6.42 Å². The number of hydrogen-bond acceptors (Lipinski definition) is 1. The molecule has 1 aliphatic rings. The first kappa shape index (κ1) is 14.3. The summed E-state index contributed by atoms with van der Waals surface area (Å²) in [5.41, 5.74) is 0. The van der Waals surface area contributed by atoms with Crippen LogP contribution in [0.1, 0.15) is 47.0 Å². The van der Waals surface area contributed by atoms with E-state index in [1.54, 1.807) is 0 Å². The monoisotopic (exact) mass is 240 g/mol. The summed E-state index contributed by atoms with van der Waals surface area (Å²) in [7, 11) is 1.90. The van der Waals surface area contributed by atoms with E-state index in [0.717, 1.165) is 37.8 Å². The minimum Gasteiger partial charge on any atom is -0.325 e. The Morgan fingerprint density at radius 1 is 1.18 bits per heavy atom. The van der Waals surface area contributed by atoms with Gasteiger partial charge in [-0.05, 0) is 44.9 Å². The van der Waals surface area contributed by atoms with E-state index < -0.39 is 0 Å². The Labute approximate surface area is 106 Å². The fourth-order valence-corrected chi connectivity index (χ4v) is 2.42. The fraction of sp³-hybridized carbons (Fsp3) is 0.929. The van der Waals surface area contributed by atoms with Gasteiger partial charge in [0, 0.05) is 26.2 Å². The van der Waals surface area contributed by atoms with E-state index in [0.29, 0.717) is 0 Å². The molecule has 100 valence electrons. The first-order chi connectivity index (χ1) is 7.93. The summed E-state index contributed by atoms with van der Waals surface area (Å²) in [6.07, 6.45) is 3.59. The highest BCUT2D eigenvalue weighted by atomic mass is 16.2. The Hall–Kier alpha value is -0.730. The molecule has 0 radical (unpaired) electrons. The lowest BCUT2D eigenvalue weighted by molar-refractivity contribution is 0.153. The van der Waals surface area contributed by atoms with Gasteiger partial charge < -0.3 is 9.80 Å². The van der Waals surface area contributed by atoms with Gasteiger partial charge in [-0.2, -0.15) is 0 Å². The number of rotatable bonds is 2. The lowest BCUT2D eigenvalue weighted by Crippen LogP contribution is -2.44. The normalized spacial score (nSPS) is 21.8. The van der Waals surface area contributed by atoms with Crippen LogP contribution in [-0.2, 0) is 0 Å². The second-order valence-corrected chi connectivity index (χ2v) is 5.91. The van der Waals surface area contributed by atoms with Crippen molar-refractivity contribution in [2.24, 2.45) is 11.8 Å². The van der Waals surface area contributed by atoms with Crippen LogP contribution in [0.3, 0.4) is 0 Å². The SMILES string of the molecule is CC(C)C1CCCN(C(=O)N(C)C(C)C)CC1. The molecule has 0 saturated carbocycles. The van der Waals surface area contributed by atoms with Crippen LogP contribution >= 0.6 is 0 Å². The average Bonchev–Trinajstić information content (AvgIpc) is 2.52. The summed E-state index contributed by atoms with van der Waals surface area (Å²) < 4.78 is 0. The third kappa shape index (κ3) is 3.90. The topological polar surface area (TPSA) is 23.6 Å². The molecule has 0 aromatic carbocycles. The third-order valence-electron chi connectivity index (χ3n) is 4.06. The van der Waals surface area contributed by atoms with Crippen molar-refractivity contribution in [1.29, 1.82) is 0 Å². The molecule has 0 N–H and O–H groups in total. The highest BCUT2D eigenvalue weighted by molar-refractivity contribution is 5.74. The highest BCUT2D eigenvalue weighted by Crippen LogP contribution is 2.25. The van der Waals surface area contributed by atoms with E-state index in [4.69, 9.17) is 0 Å². The molecule has 1 fully saturated rings. The average molecular weight is 240 g/mol. The molecule has 1 heterocycles. The minimum atomic E-state index is 0.199. The van der Waals surface area contributed by atoms with Crippen molar-refractivity contribution in [3.05, 3.63) is 0 Å². The van der Waals surface area contributed by atoms with Crippen LogP contribution < -0.4 is 0 Å². The molecule has 0 aromatic heterocycles. The van der Waals surface area contributed by atoms with Gasteiger partial charge in [0.1, 0.15) is 0 Å². The van der Waals surface area contributed by atoms with Crippen LogP contribution in [0.15, 0.2) is 0 Å². The predicted octanol–water partition coefficient (Wildman–Crippen LogP) is 3.20. The molecule has 17 heavy (non-hydrogen) atoms. The summed E-state index contributed by atoms with van der Waals surface area (Å²) in [4.78, 5) is 16.1. The molecule has 1 atom stereocenters. The molecule has 0 aromatic rings. The molecular weight excluding hydrogens is 212 g/mol. The fourth-order valence-electron chi connectivity index (χ4n) is 2.42. The van der Waals surface area contributed by atoms with Crippen molar-refractivity contribution in [1.82, 2.24) is 9.80 Å². The summed E-state index contributed by atoms with van der Waals surface area (Å²) in [6.45, 7) is 10.6. The zero-order valence-corrected chi connectivity index (χ0v) is 12.1. The smallest absolute Gasteiger partial charge is 0.319 e. The first-order valence-corrected chi connectivity index (χ1v) is 6.95. The van der Waals surface area contributed by atoms with Gasteiger partial charge in [-0.15, -0.1) is 0 Å². The number of urea groups is 1. The van der Waals surface area contributed by atoms with Crippen molar-refractivity contribution in [2.45, 2.75) is 53.0 Å². The molecule has 1 rings (SSSR count). The minimum absolute atomic E-state index is 0.199. The number of nitrogens with zero attached hydrogens (tertiary/aromatic N) is 2. The zero-order chi connectivity index (χ0) is 13.0. The molecule has 3 heteroatoms. The maximum absolute atomic E-state index is 12.2. The zero-order valence-electron chi connectivity index (χ0n) is 12.1. The summed E-state index contributed by atoms with van der Waals surface area (Å²) in [5, 5.41) is 0. The van der Waals surface area contributed by atoms with Gasteiger partial charge in [-0.1, -0.05) is 13.8 Å². The Bertz CT molecular complexity index is 251. The van der Waals surface area contributed by atoms with Crippen molar-refractivity contribution in [2.75, 3.05) is 20.1 Å². The lowest BCUT2D eigenvalue weighted by Gasteiger charge is -2.29. The van der Waals surface area contributed by atoms with Crippen LogP contribution in [0.25, 0.3) is 0 Å². The Morgan fingerprint density at radius 3 is 2.35 bits per heavy atom. The maximum Gasteiger partial charge on any atom is 0.319 e. The van der Waals surface area contributed by atoms with Gasteiger partial charge in [-0.25, -0.2) is 4.79 Å². The lowest BCUT2D eigenvalue weighted by atomic mass is 9.89. The van der Waals surface area contributed by atoms with Gasteiger partial charge in [0.05, 0.1) is 0 Å². The molecule has 3 nitrogen and oxygen atoms in total. The molecule has 1 aliphatic heterocycles. The highest BCUT2D eigenvalue weighted by Gasteiger charge is 2.24. The Morgan fingerprint density at radius 2 is 1.82 bits per heavy atom. The molecule has 0 aliphatic carbocycles. The van der Waals surface area contributed by atoms with Gasteiger partial charge in [0.25, 0.3) is 0 Å². The number of likely N-dealkylation sites (tertiary alicyclic amines) is 1. The quantitative estimate of drug-likeness (QED) is 0.727. The molecular formula is C14H28N2O. The predicted molar refractivity (Wildman–Crippen MR) is 72.0 cm³/mol. The van der Waals surface area contributed by atoms with Crippen LogP contribution in [0.2, 0.25) is 0 Å². The largest absolute Gasteiger partial charge is 0.325 e. The van der Waals surface area contributed by atoms with Crippen LogP contribution in [0, 0.1) is 11.8 Å². The van der Waals surface area contributed by atoms with Crippen molar-refractivity contribution >= 4 is 6.03 Å². The number of carbonyl (C=O) groups is 1. The maximum atomic E-state index is 12.2. The molecule has 0 bridgehead atoms. The molecule has 1 unspecified atom stereocenters. The van der Waals surface area contributed by atoms with Gasteiger partial charge in [0.2, 0.25) is 0 Å². The molecule has 1 saturated heterocycles. The number of amides is 2. The van der Waals surface area contributed by atoms with E-state index in [9.17, 15) is 4.79 Å². The standard InChI is InChI=1S/C14H28N2O/c1-11(2)13-7-6-9-16(10-8-13)14(17)15(5)12(3)4/h11-13H,6-10H2,1-5H3. The van der Waals surface area contributed by atoms with Gasteiger partial charge in [-0.3, -0.25) is 0 Å². The van der Waals surface area contributed by atoms with Crippen LogP contribution in [0.4, 0.5) is 4.79 Å². The summed E-state index contributed by atoms with van der Waals surface area (Å²) in [5.74, 6) is 1.53. The molecule has 2 amide bonds. The van der Waals surface area contributed by atoms with E-state index in [1.807, 2.05) is 16.8 Å². The van der Waals surface area contributed by atoms with Gasteiger partial charge >= 0.3 is 6.03 Å². The van der Waals surface area contributed by atoms with Crippen molar-refractivity contribution < 1.29 is 4.79 Å². The molecule has 0 spiro atoms. The van der Waals surface area contributed by atoms with E-state index in [2.05, 4.69) is 27.7 Å².